The van der Waals surface area contributed by atoms with Crippen LogP contribution in [0.5, 0.6) is 0 Å². The number of aryl methyl sites for hydroxylation is 1. The van der Waals surface area contributed by atoms with Gasteiger partial charge < -0.3 is 13.9 Å². The van der Waals surface area contributed by atoms with Crippen LogP contribution in [0.4, 0.5) is 0 Å². The summed E-state index contributed by atoms with van der Waals surface area (Å²) in [5.74, 6) is 0.334. The van der Waals surface area contributed by atoms with E-state index in [0.717, 1.165) is 29.5 Å². The summed E-state index contributed by atoms with van der Waals surface area (Å²) in [5.41, 5.74) is 13.2. The average molecular weight is 744 g/mol. The summed E-state index contributed by atoms with van der Waals surface area (Å²) in [6.07, 6.45) is 2.12. The first-order valence-corrected chi connectivity index (χ1v) is 20.7. The molecule has 1 fully saturated rings. The molecule has 0 amide bonds. The molecule has 3 heterocycles. The van der Waals surface area contributed by atoms with Gasteiger partial charge in [-0.3, -0.25) is 0 Å². The van der Waals surface area contributed by atoms with E-state index in [9.17, 15) is 0 Å². The molecule has 0 N–H and O–H groups in total. The number of hydrogen-bond donors (Lipinski definition) is 0. The summed E-state index contributed by atoms with van der Waals surface area (Å²) in [6, 6.07) is 56.3. The lowest BCUT2D eigenvalue weighted by Crippen LogP contribution is -2.41. The zero-order chi connectivity index (χ0) is 37.8. The van der Waals surface area contributed by atoms with Crippen molar-refractivity contribution < 1.29 is 9.31 Å². The average Bonchev–Trinajstić information content (AvgIpc) is 3.92. The second-order valence-corrected chi connectivity index (χ2v) is 17.7. The highest BCUT2D eigenvalue weighted by molar-refractivity contribution is 7.25. The van der Waals surface area contributed by atoms with Gasteiger partial charge in [0, 0.05) is 42.6 Å². The summed E-state index contributed by atoms with van der Waals surface area (Å²) >= 11 is 1.92. The van der Waals surface area contributed by atoms with Crippen molar-refractivity contribution >= 4 is 65.9 Å². The van der Waals surface area contributed by atoms with Gasteiger partial charge in [0.2, 0.25) is 0 Å². The van der Waals surface area contributed by atoms with Crippen LogP contribution in [-0.2, 0) is 15.7 Å². The largest absolute Gasteiger partial charge is 0.494 e. The van der Waals surface area contributed by atoms with Gasteiger partial charge in [-0.25, -0.2) is 0 Å². The number of nitrogens with zero attached hydrogens (tertiary/aromatic N) is 1. The Labute approximate surface area is 332 Å². The van der Waals surface area contributed by atoms with Crippen LogP contribution < -0.4 is 5.46 Å². The van der Waals surface area contributed by atoms with E-state index in [4.69, 9.17) is 9.31 Å². The third kappa shape index (κ3) is 5.18. The summed E-state index contributed by atoms with van der Waals surface area (Å²) in [7, 11) is -0.429. The molecular weight excluding hydrogens is 701 g/mol. The Kier molecular flexibility index (Phi) is 7.57. The first-order chi connectivity index (χ1) is 27.2. The van der Waals surface area contributed by atoms with Crippen molar-refractivity contribution in [1.82, 2.24) is 4.57 Å². The molecule has 11 rings (SSSR count). The Morgan fingerprint density at radius 2 is 1.30 bits per heavy atom. The quantitative estimate of drug-likeness (QED) is 0.158. The fourth-order valence-corrected chi connectivity index (χ4v) is 10.4. The van der Waals surface area contributed by atoms with E-state index in [1.807, 2.05) is 11.3 Å². The van der Waals surface area contributed by atoms with Gasteiger partial charge in [-0.1, -0.05) is 103 Å². The molecule has 1 saturated heterocycles. The maximum Gasteiger partial charge on any atom is 0.494 e. The molecular formula is C51H42BNO2S. The molecule has 56 heavy (non-hydrogen) atoms. The Hall–Kier alpha value is -5.46. The lowest BCUT2D eigenvalue weighted by Gasteiger charge is -2.32. The van der Waals surface area contributed by atoms with Gasteiger partial charge in [-0.05, 0) is 133 Å². The molecule has 0 radical (unpaired) electrons. The predicted octanol–water partition coefficient (Wildman–Crippen LogP) is 12.9. The zero-order valence-corrected chi connectivity index (χ0v) is 33.0. The highest BCUT2D eigenvalue weighted by Crippen LogP contribution is 2.53. The normalized spacial score (nSPS) is 17.0. The van der Waals surface area contributed by atoms with Crippen molar-refractivity contribution in [2.45, 2.75) is 57.7 Å². The SMILES string of the molecule is CC1(C)OB(c2ccc3c4cc(-c5ccc6c(c5)-c5ccc7sc8ccccc8c7c5C6CCc5ccccc5)ccc4n(-c4ccccc4)c3c2)OC1(C)C. The number of rotatable bonds is 6. The van der Waals surface area contributed by atoms with Gasteiger partial charge in [0.15, 0.2) is 0 Å². The van der Waals surface area contributed by atoms with Crippen LogP contribution in [0.15, 0.2) is 152 Å². The van der Waals surface area contributed by atoms with Crippen molar-refractivity contribution in [3.05, 3.63) is 168 Å². The smallest absolute Gasteiger partial charge is 0.399 e. The number of aromatic nitrogens is 1. The molecule has 272 valence electrons. The lowest BCUT2D eigenvalue weighted by atomic mass is 9.79. The van der Waals surface area contributed by atoms with E-state index in [1.54, 1.807) is 0 Å². The second-order valence-electron chi connectivity index (χ2n) is 16.6. The number of thiophene rings is 1. The molecule has 2 aliphatic rings. The summed E-state index contributed by atoms with van der Waals surface area (Å²) in [6.45, 7) is 8.45. The van der Waals surface area contributed by atoms with E-state index < -0.39 is 18.3 Å². The van der Waals surface area contributed by atoms with Crippen molar-refractivity contribution in [3.63, 3.8) is 0 Å². The maximum atomic E-state index is 6.51. The van der Waals surface area contributed by atoms with Gasteiger partial charge in [-0.15, -0.1) is 11.3 Å². The monoisotopic (exact) mass is 743 g/mol. The molecule has 1 aliphatic carbocycles. The topological polar surface area (TPSA) is 23.4 Å². The van der Waals surface area contributed by atoms with Crippen LogP contribution in [0, 0.1) is 0 Å². The van der Waals surface area contributed by atoms with Crippen LogP contribution in [0.1, 0.15) is 56.7 Å². The first-order valence-electron chi connectivity index (χ1n) is 19.9. The van der Waals surface area contributed by atoms with Crippen LogP contribution in [0.25, 0.3) is 69.9 Å². The van der Waals surface area contributed by atoms with E-state index in [0.29, 0.717) is 5.92 Å². The van der Waals surface area contributed by atoms with Crippen LogP contribution in [-0.4, -0.2) is 22.9 Å². The van der Waals surface area contributed by atoms with Crippen LogP contribution in [0.3, 0.4) is 0 Å². The third-order valence-electron chi connectivity index (χ3n) is 12.9. The highest BCUT2D eigenvalue weighted by atomic mass is 32.1. The van der Waals surface area contributed by atoms with E-state index in [2.05, 4.69) is 184 Å². The molecule has 3 nitrogen and oxygen atoms in total. The van der Waals surface area contributed by atoms with Gasteiger partial charge in [0.05, 0.1) is 22.2 Å². The first kappa shape index (κ1) is 33.8. The number of benzene rings is 7. The van der Waals surface area contributed by atoms with Crippen molar-refractivity contribution in [2.75, 3.05) is 0 Å². The molecule has 1 atom stereocenters. The minimum atomic E-state index is -0.429. The second kappa shape index (κ2) is 12.5. The molecule has 0 spiro atoms. The van der Waals surface area contributed by atoms with Gasteiger partial charge in [0.1, 0.15) is 0 Å². The van der Waals surface area contributed by atoms with Crippen molar-refractivity contribution in [3.8, 4) is 27.9 Å². The van der Waals surface area contributed by atoms with Gasteiger partial charge in [0.25, 0.3) is 0 Å². The number of para-hydroxylation sites is 1. The molecule has 9 aromatic rings. The number of fused-ring (bicyclic) bond motifs is 10. The van der Waals surface area contributed by atoms with E-state index in [1.165, 1.54) is 75.4 Å². The molecule has 5 heteroatoms. The molecule has 1 aliphatic heterocycles. The number of hydrogen-bond acceptors (Lipinski definition) is 3. The van der Waals surface area contributed by atoms with Crippen molar-refractivity contribution in [1.29, 1.82) is 0 Å². The fraction of sp³-hybridized carbons (Fsp3) is 0.176. The lowest BCUT2D eigenvalue weighted by molar-refractivity contribution is 0.00578. The Balaban J connectivity index is 1.05. The van der Waals surface area contributed by atoms with Crippen LogP contribution in [0.2, 0.25) is 0 Å². The third-order valence-corrected chi connectivity index (χ3v) is 14.0. The van der Waals surface area contributed by atoms with Crippen molar-refractivity contribution in [2.24, 2.45) is 0 Å². The summed E-state index contributed by atoms with van der Waals surface area (Å²) in [5, 5.41) is 5.26. The van der Waals surface area contributed by atoms with E-state index in [-0.39, 0.29) is 0 Å². The highest BCUT2D eigenvalue weighted by Gasteiger charge is 2.51. The Bertz CT molecular complexity index is 2980. The molecule has 7 aromatic carbocycles. The molecule has 0 bridgehead atoms. The summed E-state index contributed by atoms with van der Waals surface area (Å²) in [4.78, 5) is 0. The Morgan fingerprint density at radius 1 is 0.589 bits per heavy atom. The minimum Gasteiger partial charge on any atom is -0.399 e. The maximum absolute atomic E-state index is 6.51. The van der Waals surface area contributed by atoms with E-state index >= 15 is 0 Å². The summed E-state index contributed by atoms with van der Waals surface area (Å²) < 4.78 is 18.1. The fourth-order valence-electron chi connectivity index (χ4n) is 9.32. The van der Waals surface area contributed by atoms with Crippen LogP contribution >= 0.6 is 11.3 Å². The minimum absolute atomic E-state index is 0.334. The predicted molar refractivity (Wildman–Crippen MR) is 237 cm³/mol. The standard InChI is InChI=1S/C51H42BNO2S/c1-50(2)51(3,4)55-52(54-50)35-22-25-38-43-30-34(21-27-44(43)53(45(38)31-35)36-15-9-6-10-16-36)33-20-24-37-39(23-19-32-13-7-5-8-14-32)48-40(42(37)29-33)26-28-47-49(48)41-17-11-12-18-46(41)56-47/h5-18,20-22,24-31,39H,19,23H2,1-4H3. The van der Waals surface area contributed by atoms with Gasteiger partial charge in [-0.2, -0.15) is 0 Å². The molecule has 2 aromatic heterocycles. The molecule has 0 saturated carbocycles. The molecule has 1 unspecified atom stereocenters. The Morgan fingerprint density at radius 3 is 2.11 bits per heavy atom. The van der Waals surface area contributed by atoms with Gasteiger partial charge >= 0.3 is 7.12 Å². The zero-order valence-electron chi connectivity index (χ0n) is 32.2.